The van der Waals surface area contributed by atoms with Crippen LogP contribution in [0.25, 0.3) is 95.5 Å². The fourth-order valence-corrected chi connectivity index (χ4v) is 7.86. The molecule has 7 heteroatoms. The molecular formula is C48H31N7. The van der Waals surface area contributed by atoms with Crippen LogP contribution in [0.4, 0.5) is 0 Å². The van der Waals surface area contributed by atoms with E-state index in [4.69, 9.17) is 19.9 Å². The normalized spacial score (nSPS) is 11.6. The highest BCUT2D eigenvalue weighted by atomic mass is 15.2. The van der Waals surface area contributed by atoms with E-state index in [1.165, 1.54) is 0 Å². The molecule has 11 rings (SSSR count). The van der Waals surface area contributed by atoms with Gasteiger partial charge in [-0.2, -0.15) is 9.97 Å². The van der Waals surface area contributed by atoms with Crippen LogP contribution in [0.1, 0.15) is 0 Å². The van der Waals surface area contributed by atoms with Gasteiger partial charge in [0.15, 0.2) is 11.6 Å². The third-order valence-electron chi connectivity index (χ3n) is 10.3. The second-order valence-electron chi connectivity index (χ2n) is 13.6. The van der Waals surface area contributed by atoms with Crippen LogP contribution >= 0.6 is 0 Å². The summed E-state index contributed by atoms with van der Waals surface area (Å²) in [7, 11) is 0. The minimum atomic E-state index is 0.563. The monoisotopic (exact) mass is 705 g/mol. The lowest BCUT2D eigenvalue weighted by molar-refractivity contribution is 0.953. The number of hydrogen-bond donors (Lipinski definition) is 0. The lowest BCUT2D eigenvalue weighted by Gasteiger charge is -2.11. The summed E-state index contributed by atoms with van der Waals surface area (Å²) in [5.41, 5.74) is 11.2. The SMILES string of the molecule is c1ccc(-c2nc(-c3ccccc3)nc(-n3c4ccccc4c4cc(-c5nc6n(-c7ccccc7)c7ccccc7n6c5-c5ccccc5)ccc43)n2)cc1. The lowest BCUT2D eigenvalue weighted by atomic mass is 10.0. The van der Waals surface area contributed by atoms with Crippen molar-refractivity contribution in [3.63, 3.8) is 0 Å². The van der Waals surface area contributed by atoms with E-state index in [1.807, 2.05) is 66.7 Å². The third kappa shape index (κ3) is 4.98. The molecule has 4 heterocycles. The molecule has 55 heavy (non-hydrogen) atoms. The first kappa shape index (κ1) is 30.9. The van der Waals surface area contributed by atoms with Gasteiger partial charge in [-0.15, -0.1) is 0 Å². The molecule has 0 spiro atoms. The van der Waals surface area contributed by atoms with Crippen molar-refractivity contribution in [3.8, 4) is 56.9 Å². The van der Waals surface area contributed by atoms with Gasteiger partial charge in [-0.25, -0.2) is 9.97 Å². The summed E-state index contributed by atoms with van der Waals surface area (Å²) in [6.07, 6.45) is 0. The van der Waals surface area contributed by atoms with Gasteiger partial charge >= 0.3 is 0 Å². The number of nitrogens with zero attached hydrogens (tertiary/aromatic N) is 7. The zero-order chi connectivity index (χ0) is 36.3. The predicted molar refractivity (Wildman–Crippen MR) is 221 cm³/mol. The number of benzene rings is 7. The Labute approximate surface area is 316 Å². The van der Waals surface area contributed by atoms with Gasteiger partial charge in [-0.05, 0) is 42.5 Å². The maximum absolute atomic E-state index is 5.50. The Morgan fingerprint density at radius 3 is 1.53 bits per heavy atom. The number of imidazole rings is 2. The van der Waals surface area contributed by atoms with Crippen molar-refractivity contribution in [1.29, 1.82) is 0 Å². The largest absolute Gasteiger partial charge is 0.278 e. The highest BCUT2D eigenvalue weighted by molar-refractivity contribution is 6.10. The Kier molecular flexibility index (Phi) is 7.03. The second kappa shape index (κ2) is 12.5. The number of para-hydroxylation sites is 4. The van der Waals surface area contributed by atoms with E-state index in [0.717, 1.165) is 77.9 Å². The van der Waals surface area contributed by atoms with Gasteiger partial charge in [0.05, 0.1) is 33.5 Å². The summed E-state index contributed by atoms with van der Waals surface area (Å²) in [6, 6.07) is 64.9. The average Bonchev–Trinajstić information content (AvgIpc) is 3.92. The molecule has 4 aromatic heterocycles. The highest BCUT2D eigenvalue weighted by Crippen LogP contribution is 2.40. The van der Waals surface area contributed by atoms with Gasteiger partial charge in [0, 0.05) is 38.7 Å². The molecule has 0 atom stereocenters. The molecule has 0 radical (unpaired) electrons. The van der Waals surface area contributed by atoms with Crippen molar-refractivity contribution in [2.75, 3.05) is 0 Å². The molecule has 7 nitrogen and oxygen atoms in total. The number of rotatable bonds is 6. The van der Waals surface area contributed by atoms with Crippen molar-refractivity contribution in [3.05, 3.63) is 188 Å². The summed E-state index contributed by atoms with van der Waals surface area (Å²) in [6.45, 7) is 0. The topological polar surface area (TPSA) is 65.8 Å². The van der Waals surface area contributed by atoms with E-state index >= 15 is 0 Å². The standard InChI is InChI=1S/C48H31N7/c1-5-17-32(18-6-1)44-43(49-48-53(36-23-11-4-12-24-36)41-27-15-16-28-42(41)55(44)48)35-29-30-40-38(31-35)37-25-13-14-26-39(37)54(40)47-51-45(33-19-7-2-8-20-33)50-46(52-47)34-21-9-3-10-22-34/h1-31H. The van der Waals surface area contributed by atoms with Crippen LogP contribution < -0.4 is 0 Å². The van der Waals surface area contributed by atoms with E-state index in [-0.39, 0.29) is 0 Å². The van der Waals surface area contributed by atoms with Crippen LogP contribution in [-0.4, -0.2) is 33.5 Å². The third-order valence-corrected chi connectivity index (χ3v) is 10.3. The van der Waals surface area contributed by atoms with E-state index in [0.29, 0.717) is 17.6 Å². The van der Waals surface area contributed by atoms with Gasteiger partial charge in [0.25, 0.3) is 0 Å². The smallest absolute Gasteiger partial charge is 0.238 e. The Balaban J connectivity index is 1.18. The zero-order valence-corrected chi connectivity index (χ0v) is 29.5. The zero-order valence-electron chi connectivity index (χ0n) is 29.5. The van der Waals surface area contributed by atoms with Gasteiger partial charge < -0.3 is 0 Å². The first-order valence-electron chi connectivity index (χ1n) is 18.3. The van der Waals surface area contributed by atoms with E-state index in [1.54, 1.807) is 0 Å². The first-order chi connectivity index (χ1) is 27.3. The summed E-state index contributed by atoms with van der Waals surface area (Å²) in [4.78, 5) is 20.7. The fraction of sp³-hybridized carbons (Fsp3) is 0. The summed E-state index contributed by atoms with van der Waals surface area (Å²) in [5.74, 6) is 2.66. The van der Waals surface area contributed by atoms with Crippen LogP contribution in [0.2, 0.25) is 0 Å². The van der Waals surface area contributed by atoms with Crippen molar-refractivity contribution < 1.29 is 0 Å². The number of hydrogen-bond acceptors (Lipinski definition) is 4. The molecule has 0 fully saturated rings. The first-order valence-corrected chi connectivity index (χ1v) is 18.3. The minimum Gasteiger partial charge on any atom is -0.278 e. The number of aromatic nitrogens is 7. The predicted octanol–water partition coefficient (Wildman–Crippen LogP) is 11.2. The summed E-state index contributed by atoms with van der Waals surface area (Å²) < 4.78 is 6.72. The molecule has 11 aromatic rings. The van der Waals surface area contributed by atoms with Crippen LogP contribution in [0.15, 0.2) is 188 Å². The summed E-state index contributed by atoms with van der Waals surface area (Å²) in [5, 5.41) is 2.19. The lowest BCUT2D eigenvalue weighted by Crippen LogP contribution is -2.06. The van der Waals surface area contributed by atoms with Crippen molar-refractivity contribution in [2.24, 2.45) is 0 Å². The van der Waals surface area contributed by atoms with Crippen LogP contribution in [-0.2, 0) is 0 Å². The average molecular weight is 706 g/mol. The Morgan fingerprint density at radius 1 is 0.345 bits per heavy atom. The van der Waals surface area contributed by atoms with Gasteiger partial charge in [0.1, 0.15) is 0 Å². The van der Waals surface area contributed by atoms with Crippen LogP contribution in [0, 0.1) is 0 Å². The molecule has 0 N–H and O–H groups in total. The highest BCUT2D eigenvalue weighted by Gasteiger charge is 2.24. The van der Waals surface area contributed by atoms with E-state index in [9.17, 15) is 0 Å². The maximum Gasteiger partial charge on any atom is 0.238 e. The second-order valence-corrected chi connectivity index (χ2v) is 13.6. The molecule has 0 aliphatic heterocycles. The van der Waals surface area contributed by atoms with Crippen molar-refractivity contribution >= 4 is 38.6 Å². The molecule has 0 bridgehead atoms. The minimum absolute atomic E-state index is 0.563. The maximum atomic E-state index is 5.50. The molecule has 0 aliphatic carbocycles. The Morgan fingerprint density at radius 2 is 0.873 bits per heavy atom. The van der Waals surface area contributed by atoms with Crippen molar-refractivity contribution in [2.45, 2.75) is 0 Å². The summed E-state index contributed by atoms with van der Waals surface area (Å²) >= 11 is 0. The van der Waals surface area contributed by atoms with Gasteiger partial charge in [-0.3, -0.25) is 13.5 Å². The quantitative estimate of drug-likeness (QED) is 0.173. The molecule has 258 valence electrons. The Hall–Kier alpha value is -7.64. The molecule has 0 saturated carbocycles. The molecule has 0 aliphatic rings. The van der Waals surface area contributed by atoms with Crippen LogP contribution in [0.5, 0.6) is 0 Å². The molecule has 0 amide bonds. The van der Waals surface area contributed by atoms with E-state index < -0.39 is 0 Å². The van der Waals surface area contributed by atoms with Crippen molar-refractivity contribution in [1.82, 2.24) is 33.5 Å². The van der Waals surface area contributed by atoms with Crippen LogP contribution in [0.3, 0.4) is 0 Å². The molecule has 7 aromatic carbocycles. The molecule has 0 saturated heterocycles. The Bertz CT molecular complexity index is 3120. The van der Waals surface area contributed by atoms with Gasteiger partial charge in [0.2, 0.25) is 11.7 Å². The van der Waals surface area contributed by atoms with E-state index in [2.05, 4.69) is 135 Å². The molecule has 0 unspecified atom stereocenters. The molecular weight excluding hydrogens is 675 g/mol. The fourth-order valence-electron chi connectivity index (χ4n) is 7.86. The number of fused-ring (bicyclic) bond motifs is 6. The van der Waals surface area contributed by atoms with Gasteiger partial charge in [-0.1, -0.05) is 146 Å².